The third-order valence-corrected chi connectivity index (χ3v) is 3.46. The van der Waals surface area contributed by atoms with E-state index in [9.17, 15) is 9.90 Å². The molecule has 2 rings (SSSR count). The van der Waals surface area contributed by atoms with Gasteiger partial charge in [-0.2, -0.15) is 0 Å². The van der Waals surface area contributed by atoms with E-state index < -0.39 is 17.7 Å². The number of fused-ring (bicyclic) bond motifs is 1. The zero-order valence-corrected chi connectivity index (χ0v) is 12.3. The summed E-state index contributed by atoms with van der Waals surface area (Å²) >= 11 is 0. The minimum absolute atomic E-state index is 0.171. The lowest BCUT2D eigenvalue weighted by atomic mass is 9.72. The first-order chi connectivity index (χ1) is 9.34. The molecule has 1 aliphatic heterocycles. The molecule has 0 aromatic rings. The minimum atomic E-state index is -2.06. The van der Waals surface area contributed by atoms with Crippen molar-refractivity contribution >= 4 is 11.7 Å². The Morgan fingerprint density at radius 3 is 2.80 bits per heavy atom. The zero-order valence-electron chi connectivity index (χ0n) is 12.3. The van der Waals surface area contributed by atoms with Crippen LogP contribution in [-0.2, 0) is 19.1 Å². The van der Waals surface area contributed by atoms with Crippen molar-refractivity contribution in [2.24, 2.45) is 16.5 Å². The fraction of sp³-hybridized carbons (Fsp3) is 0.714. The van der Waals surface area contributed by atoms with Crippen molar-refractivity contribution in [3.05, 3.63) is 11.8 Å². The molecule has 2 unspecified atom stereocenters. The summed E-state index contributed by atoms with van der Waals surface area (Å²) in [7, 11) is 0. The van der Waals surface area contributed by atoms with Crippen LogP contribution in [0.2, 0.25) is 0 Å². The third kappa shape index (κ3) is 2.40. The summed E-state index contributed by atoms with van der Waals surface area (Å²) in [5.41, 5.74) is 0.240. The number of hydrogen-bond donors (Lipinski definition) is 1. The summed E-state index contributed by atoms with van der Waals surface area (Å²) in [4.78, 5) is 17.0. The maximum absolute atomic E-state index is 12.0. The number of allylic oxidation sites excluding steroid dienone is 2. The highest BCUT2D eigenvalue weighted by Crippen LogP contribution is 2.44. The molecule has 0 amide bonds. The van der Waals surface area contributed by atoms with Gasteiger partial charge >= 0.3 is 11.8 Å². The molecular weight excluding hydrogens is 262 g/mol. The van der Waals surface area contributed by atoms with E-state index in [4.69, 9.17) is 14.3 Å². The van der Waals surface area contributed by atoms with Crippen molar-refractivity contribution in [1.82, 2.24) is 0 Å². The van der Waals surface area contributed by atoms with Gasteiger partial charge in [-0.25, -0.2) is 4.79 Å². The van der Waals surface area contributed by atoms with E-state index in [1.54, 1.807) is 6.92 Å². The van der Waals surface area contributed by atoms with Gasteiger partial charge in [-0.15, -0.1) is 0 Å². The summed E-state index contributed by atoms with van der Waals surface area (Å²) < 4.78 is 10.4. The first-order valence-corrected chi connectivity index (χ1v) is 6.85. The second-order valence-electron chi connectivity index (χ2n) is 5.67. The van der Waals surface area contributed by atoms with Crippen LogP contribution in [-0.4, -0.2) is 35.8 Å². The highest BCUT2D eigenvalue weighted by atomic mass is 16.8. The van der Waals surface area contributed by atoms with Gasteiger partial charge in [-0.05, 0) is 31.8 Å². The van der Waals surface area contributed by atoms with Crippen molar-refractivity contribution in [3.63, 3.8) is 0 Å². The largest absolute Gasteiger partial charge is 0.492 e. The van der Waals surface area contributed by atoms with Crippen molar-refractivity contribution < 1.29 is 24.2 Å². The van der Waals surface area contributed by atoms with Gasteiger partial charge in [0.25, 0.3) is 0 Å². The second-order valence-corrected chi connectivity index (χ2v) is 5.67. The number of esters is 1. The molecule has 6 nitrogen and oxygen atoms in total. The van der Waals surface area contributed by atoms with E-state index in [-0.39, 0.29) is 12.0 Å². The molecule has 0 radical (unpaired) electrons. The summed E-state index contributed by atoms with van der Waals surface area (Å²) in [6, 6.07) is 0. The van der Waals surface area contributed by atoms with Crippen LogP contribution in [0, 0.1) is 11.3 Å². The summed E-state index contributed by atoms with van der Waals surface area (Å²) in [6.45, 7) is 8.20. The topological polar surface area (TPSA) is 77.4 Å². The van der Waals surface area contributed by atoms with Gasteiger partial charge in [0.15, 0.2) is 0 Å². The van der Waals surface area contributed by atoms with E-state index in [0.29, 0.717) is 24.5 Å². The SMILES string of the molecule is CCOC(=O)C1(O)ON=C2C(OCC)=CC(C)(C)CC21. The van der Waals surface area contributed by atoms with Crippen LogP contribution in [0.25, 0.3) is 0 Å². The molecular formula is C14H21NO5. The Labute approximate surface area is 118 Å². The third-order valence-electron chi connectivity index (χ3n) is 3.46. The quantitative estimate of drug-likeness (QED) is 0.793. The first kappa shape index (κ1) is 14.8. The molecule has 0 spiro atoms. The van der Waals surface area contributed by atoms with Crippen molar-refractivity contribution in [3.8, 4) is 0 Å². The Kier molecular flexibility index (Phi) is 3.77. The van der Waals surface area contributed by atoms with Crippen LogP contribution in [0.4, 0.5) is 0 Å². The van der Waals surface area contributed by atoms with Crippen molar-refractivity contribution in [2.45, 2.75) is 39.9 Å². The highest BCUT2D eigenvalue weighted by molar-refractivity contribution is 6.05. The molecule has 20 heavy (non-hydrogen) atoms. The average molecular weight is 283 g/mol. The molecule has 2 aliphatic rings. The molecule has 1 heterocycles. The Bertz CT molecular complexity index is 468. The van der Waals surface area contributed by atoms with Gasteiger partial charge in [-0.3, -0.25) is 0 Å². The second kappa shape index (κ2) is 5.09. The zero-order chi connectivity index (χ0) is 15.0. The Morgan fingerprint density at radius 1 is 1.50 bits per heavy atom. The lowest BCUT2D eigenvalue weighted by Gasteiger charge is -2.35. The smallest absolute Gasteiger partial charge is 0.382 e. The lowest BCUT2D eigenvalue weighted by Crippen LogP contribution is -2.50. The van der Waals surface area contributed by atoms with E-state index in [1.807, 2.05) is 26.8 Å². The van der Waals surface area contributed by atoms with Gasteiger partial charge in [0.1, 0.15) is 11.5 Å². The van der Waals surface area contributed by atoms with Crippen LogP contribution in [0.15, 0.2) is 17.0 Å². The van der Waals surface area contributed by atoms with E-state index in [0.717, 1.165) is 0 Å². The highest BCUT2D eigenvalue weighted by Gasteiger charge is 2.59. The van der Waals surface area contributed by atoms with E-state index in [1.165, 1.54) is 0 Å². The van der Waals surface area contributed by atoms with Crippen LogP contribution >= 0.6 is 0 Å². The fourth-order valence-corrected chi connectivity index (χ4v) is 2.58. The van der Waals surface area contributed by atoms with Crippen LogP contribution in [0.3, 0.4) is 0 Å². The Balaban J connectivity index is 2.33. The van der Waals surface area contributed by atoms with Gasteiger partial charge in [0.2, 0.25) is 0 Å². The number of ether oxygens (including phenoxy) is 2. The van der Waals surface area contributed by atoms with Gasteiger partial charge in [-0.1, -0.05) is 19.0 Å². The maximum Gasteiger partial charge on any atom is 0.382 e. The molecule has 0 bridgehead atoms. The number of aliphatic hydroxyl groups is 1. The molecule has 1 N–H and O–H groups in total. The van der Waals surface area contributed by atoms with Gasteiger partial charge < -0.3 is 19.4 Å². The minimum Gasteiger partial charge on any atom is -0.492 e. The molecule has 112 valence electrons. The van der Waals surface area contributed by atoms with Crippen molar-refractivity contribution in [1.29, 1.82) is 0 Å². The molecule has 0 saturated carbocycles. The van der Waals surface area contributed by atoms with Crippen LogP contribution < -0.4 is 0 Å². The monoisotopic (exact) mass is 283 g/mol. The molecule has 6 heteroatoms. The predicted molar refractivity (Wildman–Crippen MR) is 71.7 cm³/mol. The Morgan fingerprint density at radius 2 is 2.20 bits per heavy atom. The molecule has 0 aromatic carbocycles. The van der Waals surface area contributed by atoms with Crippen LogP contribution in [0.5, 0.6) is 0 Å². The van der Waals surface area contributed by atoms with Gasteiger partial charge in [0, 0.05) is 0 Å². The molecule has 0 aromatic heterocycles. The van der Waals surface area contributed by atoms with Gasteiger partial charge in [0.05, 0.1) is 19.1 Å². The Hall–Kier alpha value is -1.56. The number of rotatable bonds is 4. The predicted octanol–water partition coefficient (Wildman–Crippen LogP) is 1.59. The summed E-state index contributed by atoms with van der Waals surface area (Å²) in [5, 5.41) is 14.4. The summed E-state index contributed by atoms with van der Waals surface area (Å²) in [6.07, 6.45) is 2.48. The molecule has 1 aliphatic carbocycles. The van der Waals surface area contributed by atoms with Crippen LogP contribution in [0.1, 0.15) is 34.1 Å². The number of carbonyl (C=O) groups is 1. The normalized spacial score (nSPS) is 30.8. The average Bonchev–Trinajstić information content (AvgIpc) is 2.68. The number of nitrogens with zero attached hydrogens (tertiary/aromatic N) is 1. The standard InChI is InChI=1S/C14H21NO5/c1-5-18-10-8-13(3,4)7-9-11(10)15-20-14(9,17)12(16)19-6-2/h8-9,17H,5-7H2,1-4H3. The van der Waals surface area contributed by atoms with Crippen molar-refractivity contribution in [2.75, 3.05) is 13.2 Å². The number of carbonyl (C=O) groups excluding carboxylic acids is 1. The molecule has 0 saturated heterocycles. The number of oxime groups is 1. The fourth-order valence-electron chi connectivity index (χ4n) is 2.58. The summed E-state index contributed by atoms with van der Waals surface area (Å²) in [5.74, 6) is -2.88. The first-order valence-electron chi connectivity index (χ1n) is 6.85. The molecule has 2 atom stereocenters. The lowest BCUT2D eigenvalue weighted by molar-refractivity contribution is -0.233. The molecule has 0 fully saturated rings. The number of hydrogen-bond acceptors (Lipinski definition) is 6. The maximum atomic E-state index is 12.0. The van der Waals surface area contributed by atoms with E-state index in [2.05, 4.69) is 5.16 Å². The van der Waals surface area contributed by atoms with E-state index >= 15 is 0 Å².